The molecule has 0 aromatic rings. The van der Waals surface area contributed by atoms with Crippen molar-refractivity contribution in [1.29, 1.82) is 0 Å². The van der Waals surface area contributed by atoms with E-state index in [2.05, 4.69) is 28.9 Å². The van der Waals surface area contributed by atoms with Gasteiger partial charge >= 0.3 is 101 Å². The van der Waals surface area contributed by atoms with Crippen LogP contribution in [0.5, 0.6) is 0 Å². The predicted octanol–water partition coefficient (Wildman–Crippen LogP) is 4.54. The molecule has 7 heteroatoms. The molecule has 0 aliphatic carbocycles. The average Bonchev–Trinajstić information content (AvgIpc) is 2.61. The third-order valence-corrected chi connectivity index (χ3v) is 4.98. The van der Waals surface area contributed by atoms with Crippen molar-refractivity contribution in [3.63, 3.8) is 0 Å². The van der Waals surface area contributed by atoms with Crippen molar-refractivity contribution in [2.24, 2.45) is 0 Å². The van der Waals surface area contributed by atoms with Crippen LogP contribution in [0.3, 0.4) is 0 Å². The van der Waals surface area contributed by atoms with E-state index in [0.29, 0.717) is 6.42 Å². The summed E-state index contributed by atoms with van der Waals surface area (Å²) in [4.78, 5) is 37.5. The van der Waals surface area contributed by atoms with E-state index in [1.165, 1.54) is 57.8 Å². The first kappa shape index (κ1) is 26.5. The van der Waals surface area contributed by atoms with E-state index in [9.17, 15) is 4.79 Å². The van der Waals surface area contributed by atoms with Gasteiger partial charge in [-0.1, -0.05) is 51.2 Å². The van der Waals surface area contributed by atoms with Gasteiger partial charge in [0.05, 0.1) is 0 Å². The van der Waals surface area contributed by atoms with Crippen molar-refractivity contribution >= 4 is 14.1 Å². The van der Waals surface area contributed by atoms with Crippen LogP contribution in [0.2, 0.25) is 0 Å². The molecule has 0 unspecified atom stereocenters. The molecule has 0 fully saturated rings. The molecule has 0 saturated heterocycles. The maximum absolute atomic E-state index is 11.5. The van der Waals surface area contributed by atoms with Crippen molar-refractivity contribution in [2.75, 3.05) is 13.2 Å². The zero-order valence-electron chi connectivity index (χ0n) is 17.1. The molecule has 0 aliphatic heterocycles. The number of carbonyl (C=O) groups excluding carboxylic acids is 1. The van der Waals surface area contributed by atoms with Gasteiger partial charge in [0.2, 0.25) is 0 Å². The number of rotatable bonds is 19. The molecule has 0 rings (SSSR count). The average molecular weight is 408 g/mol. The molecule has 0 radical (unpaired) electrons. The number of allylic oxidation sites excluding steroid dienone is 2. The zero-order chi connectivity index (χ0) is 20.2. The predicted molar refractivity (Wildman–Crippen MR) is 113 cm³/mol. The number of unbranched alkanes of at least 4 members (excludes halogenated alkanes) is 11. The first-order valence-electron chi connectivity index (χ1n) is 10.7. The summed E-state index contributed by atoms with van der Waals surface area (Å²) in [7, 11) is -4.45. The molecule has 6 nitrogen and oxygen atoms in total. The Balaban J connectivity index is 3.26. The van der Waals surface area contributed by atoms with Crippen LogP contribution in [0.1, 0.15) is 96.8 Å². The van der Waals surface area contributed by atoms with Crippen LogP contribution in [0.15, 0.2) is 12.2 Å². The molecule has 0 spiro atoms. The van der Waals surface area contributed by atoms with Crippen molar-refractivity contribution < 1.29 is 24.0 Å². The molecule has 0 aromatic heterocycles. The Morgan fingerprint density at radius 3 is 1.93 bits per heavy atom. The summed E-state index contributed by atoms with van der Waals surface area (Å²) in [5.41, 5.74) is 0. The number of nitrogens with one attached hydrogen (secondary N) is 1. The van der Waals surface area contributed by atoms with Gasteiger partial charge in [-0.2, -0.15) is 0 Å². The van der Waals surface area contributed by atoms with E-state index >= 15 is 0 Å². The van der Waals surface area contributed by atoms with Gasteiger partial charge in [-0.15, -0.1) is 0 Å². The van der Waals surface area contributed by atoms with Crippen LogP contribution in [-0.4, -0.2) is 33.7 Å². The van der Waals surface area contributed by atoms with Crippen LogP contribution in [-0.2, 0) is 9.32 Å². The summed E-state index contributed by atoms with van der Waals surface area (Å²) in [6.45, 7) is 2.31. The second kappa shape index (κ2) is 18.8. The Morgan fingerprint density at radius 2 is 1.37 bits per heavy atom. The van der Waals surface area contributed by atoms with Gasteiger partial charge in [-0.3, -0.25) is 0 Å². The Bertz CT molecular complexity index is 372. The molecule has 0 bridgehead atoms. The normalized spacial score (nSPS) is 12.6. The molecule has 0 atom stereocenters. The summed E-state index contributed by atoms with van der Waals surface area (Å²) >= 11 is 0. The maximum atomic E-state index is 11.5. The molecule has 162 valence electrons. The molecule has 4 N–H and O–H groups in total. The second-order valence-corrected chi connectivity index (χ2v) is 8.54. The van der Waals surface area contributed by atoms with E-state index < -0.39 is 8.17 Å². The minimum atomic E-state index is -4.45. The number of amides is 1. The first-order chi connectivity index (χ1) is 13.0. The fourth-order valence-corrected chi connectivity index (χ4v) is 3.20. The van der Waals surface area contributed by atoms with Crippen molar-refractivity contribution in [1.82, 2.24) is 5.32 Å². The van der Waals surface area contributed by atoms with E-state index in [1.54, 1.807) is 0 Å². The van der Waals surface area contributed by atoms with E-state index in [-0.39, 0.29) is 19.1 Å². The topological polar surface area (TPSA) is 99.0 Å². The SMILES string of the molecule is CCCCCCCC/C=C\CCCCCCCC(=O)NCCO[PH](O)(O)O. The molecular weight excluding hydrogens is 365 g/mol. The summed E-state index contributed by atoms with van der Waals surface area (Å²) in [6.07, 6.45) is 21.1. The second-order valence-electron chi connectivity index (χ2n) is 7.11. The molecule has 0 aromatic carbocycles. The molecule has 0 heterocycles. The van der Waals surface area contributed by atoms with Gasteiger partial charge in [0.25, 0.3) is 0 Å². The van der Waals surface area contributed by atoms with Gasteiger partial charge in [0.15, 0.2) is 0 Å². The van der Waals surface area contributed by atoms with E-state index in [4.69, 9.17) is 14.7 Å². The Hall–Kier alpha value is -0.520. The fourth-order valence-electron chi connectivity index (χ4n) is 2.82. The van der Waals surface area contributed by atoms with Crippen LogP contribution < -0.4 is 5.32 Å². The number of hydrogen-bond acceptors (Lipinski definition) is 5. The summed E-state index contributed by atoms with van der Waals surface area (Å²) in [6, 6.07) is 0. The molecule has 27 heavy (non-hydrogen) atoms. The van der Waals surface area contributed by atoms with E-state index in [1.807, 2.05) is 0 Å². The first-order valence-corrected chi connectivity index (χ1v) is 12.4. The Kier molecular flexibility index (Phi) is 18.5. The van der Waals surface area contributed by atoms with Gasteiger partial charge in [0.1, 0.15) is 0 Å². The van der Waals surface area contributed by atoms with Gasteiger partial charge in [-0.05, 0) is 12.8 Å². The molecule has 0 aliphatic rings. The minimum absolute atomic E-state index is 0.0719. The van der Waals surface area contributed by atoms with E-state index in [0.717, 1.165) is 25.7 Å². The van der Waals surface area contributed by atoms with Crippen molar-refractivity contribution in [2.45, 2.75) is 96.8 Å². The van der Waals surface area contributed by atoms with Crippen LogP contribution in [0, 0.1) is 0 Å². The zero-order valence-corrected chi connectivity index (χ0v) is 18.1. The third kappa shape index (κ3) is 23.4. The fraction of sp³-hybridized carbons (Fsp3) is 0.850. The van der Waals surface area contributed by atoms with Crippen LogP contribution in [0.4, 0.5) is 0 Å². The molecule has 1 amide bonds. The quantitative estimate of drug-likeness (QED) is 0.143. The van der Waals surface area contributed by atoms with Crippen LogP contribution in [0.25, 0.3) is 0 Å². The van der Waals surface area contributed by atoms with Crippen molar-refractivity contribution in [3.8, 4) is 0 Å². The summed E-state index contributed by atoms with van der Waals surface area (Å²) in [5, 5.41) is 2.62. The Morgan fingerprint density at radius 1 is 0.852 bits per heavy atom. The molecule has 0 saturated carbocycles. The van der Waals surface area contributed by atoms with Gasteiger partial charge in [0, 0.05) is 0 Å². The summed E-state index contributed by atoms with van der Waals surface area (Å²) < 4.78 is 4.40. The standard InChI is InChI=1S/C20H42NO5P/c1-2-3-4-5-6-7-8-9-10-11-12-13-14-15-16-17-20(22)21-18-19-26-27(23,24)25/h9-10,23-25,27H,2-8,11-19H2,1H3,(H,21,22)/b10-9-. The van der Waals surface area contributed by atoms with Crippen molar-refractivity contribution in [3.05, 3.63) is 12.2 Å². The Labute approximate surface area is 166 Å². The molecular formula is C20H42NO5P. The number of hydrogen-bond donors (Lipinski definition) is 4. The third-order valence-electron chi connectivity index (χ3n) is 4.39. The van der Waals surface area contributed by atoms with Gasteiger partial charge < -0.3 is 0 Å². The monoisotopic (exact) mass is 407 g/mol. The van der Waals surface area contributed by atoms with Gasteiger partial charge in [-0.25, -0.2) is 0 Å². The number of carbonyl (C=O) groups is 1. The van der Waals surface area contributed by atoms with Crippen LogP contribution >= 0.6 is 8.17 Å². The summed E-state index contributed by atoms with van der Waals surface area (Å²) in [5.74, 6) is -0.0719.